The Morgan fingerprint density at radius 2 is 1.92 bits per heavy atom. The molecule has 0 aliphatic carbocycles. The van der Waals surface area contributed by atoms with E-state index in [9.17, 15) is 32.7 Å². The maximum absolute atomic E-state index is 14.4. The minimum Gasteiger partial charge on any atom is -0.478 e. The third kappa shape index (κ3) is 5.92. The first-order valence-electron chi connectivity index (χ1n) is 11.2. The van der Waals surface area contributed by atoms with Crippen molar-refractivity contribution in [1.29, 1.82) is 0 Å². The molecule has 1 saturated heterocycles. The van der Waals surface area contributed by atoms with Gasteiger partial charge in [0.05, 0.1) is 29.2 Å². The van der Waals surface area contributed by atoms with Crippen LogP contribution in [-0.4, -0.2) is 61.8 Å². The maximum atomic E-state index is 14.4. The van der Waals surface area contributed by atoms with Gasteiger partial charge >= 0.3 is 12.1 Å². The third-order valence-electron chi connectivity index (χ3n) is 5.66. The first kappa shape index (κ1) is 26.9. The predicted molar refractivity (Wildman–Crippen MR) is 122 cm³/mol. The van der Waals surface area contributed by atoms with Crippen LogP contribution >= 0.6 is 0 Å². The molecule has 3 rings (SSSR count). The molecule has 1 aliphatic rings. The van der Waals surface area contributed by atoms with Crippen LogP contribution in [0.3, 0.4) is 0 Å². The number of rotatable bonds is 6. The number of carboxylic acid groups (broad SMARTS) is 1. The van der Waals surface area contributed by atoms with Crippen molar-refractivity contribution in [3.63, 3.8) is 0 Å². The minimum absolute atomic E-state index is 0.00598. The molecule has 2 aromatic heterocycles. The molecule has 0 spiro atoms. The van der Waals surface area contributed by atoms with Crippen LogP contribution in [0.25, 0.3) is 11.3 Å². The number of nitrogens with one attached hydrogen (secondary N) is 1. The van der Waals surface area contributed by atoms with E-state index in [0.29, 0.717) is 0 Å². The summed E-state index contributed by atoms with van der Waals surface area (Å²) in [6.45, 7) is 5.04. The highest BCUT2D eigenvalue weighted by molar-refractivity contribution is 5.90. The molecule has 2 amide bonds. The second kappa shape index (κ2) is 10.5. The molecule has 0 saturated carbocycles. The van der Waals surface area contributed by atoms with Crippen molar-refractivity contribution in [3.8, 4) is 11.3 Å². The summed E-state index contributed by atoms with van der Waals surface area (Å²) in [5, 5.41) is 11.8. The Bertz CT molecular complexity index is 1170. The zero-order valence-electron chi connectivity index (χ0n) is 20.2. The molecule has 0 radical (unpaired) electrons. The average Bonchev–Trinajstić information content (AvgIpc) is 3.11. The largest absolute Gasteiger partial charge is 0.478 e. The van der Waals surface area contributed by atoms with E-state index >= 15 is 0 Å². The highest BCUT2D eigenvalue weighted by Gasteiger charge is 2.46. The van der Waals surface area contributed by atoms with Gasteiger partial charge < -0.3 is 15.2 Å². The maximum Gasteiger partial charge on any atom is 0.411 e. The summed E-state index contributed by atoms with van der Waals surface area (Å²) in [6.07, 6.45) is -0.403. The smallest absolute Gasteiger partial charge is 0.411 e. The van der Waals surface area contributed by atoms with Crippen LogP contribution < -0.4 is 5.32 Å². The fourth-order valence-corrected chi connectivity index (χ4v) is 3.82. The van der Waals surface area contributed by atoms with Crippen LogP contribution in [0.2, 0.25) is 0 Å². The standard InChI is InChI=1S/C24H27F3N4O5/c1-12-16(26)7-20(31(12)23(35)36-24(2,3)4)21(32)30-9-13-6-18(29-11-17(13)27)14-5-15(22(33)34)19(8-25)28-10-14/h5-6,10-12,16,20H,7-9H2,1-4H3,(H,30,32)(H,33,34)/t12-,16+,20-/m0/s1. The summed E-state index contributed by atoms with van der Waals surface area (Å²) in [4.78, 5) is 45.6. The van der Waals surface area contributed by atoms with Gasteiger partial charge in [-0.05, 0) is 39.8 Å². The lowest BCUT2D eigenvalue weighted by Crippen LogP contribution is -2.50. The normalized spacial score (nSPS) is 19.8. The molecule has 1 aliphatic heterocycles. The van der Waals surface area contributed by atoms with Gasteiger partial charge in [0.25, 0.3) is 0 Å². The summed E-state index contributed by atoms with van der Waals surface area (Å²) in [5.41, 5.74) is -1.10. The van der Waals surface area contributed by atoms with Crippen LogP contribution in [0.5, 0.6) is 0 Å². The SMILES string of the molecule is C[C@H]1[C@H](F)C[C@@H](C(=O)NCc2cc(-c3cnc(CF)c(C(=O)O)c3)ncc2F)N1C(=O)OC(C)(C)C. The molecule has 2 aromatic rings. The number of aromatic carboxylic acids is 1. The fourth-order valence-electron chi connectivity index (χ4n) is 3.82. The quantitative estimate of drug-likeness (QED) is 0.609. The molecule has 3 heterocycles. The second-order valence-electron chi connectivity index (χ2n) is 9.43. The van der Waals surface area contributed by atoms with Crippen LogP contribution in [0.1, 0.15) is 55.7 Å². The second-order valence-corrected chi connectivity index (χ2v) is 9.43. The lowest BCUT2D eigenvalue weighted by Gasteiger charge is -2.30. The summed E-state index contributed by atoms with van der Waals surface area (Å²) in [6, 6.07) is 0.425. The highest BCUT2D eigenvalue weighted by Crippen LogP contribution is 2.29. The minimum atomic E-state index is -1.44. The number of hydrogen-bond donors (Lipinski definition) is 2. The number of alkyl halides is 2. The average molecular weight is 508 g/mol. The number of carboxylic acids is 1. The molecular formula is C24H27F3N4O5. The van der Waals surface area contributed by atoms with E-state index < -0.39 is 54.3 Å². The Balaban J connectivity index is 1.79. The fraction of sp³-hybridized carbons (Fsp3) is 0.458. The van der Waals surface area contributed by atoms with Gasteiger partial charge in [0, 0.05) is 30.3 Å². The number of amides is 2. The molecule has 2 N–H and O–H groups in total. The van der Waals surface area contributed by atoms with Crippen LogP contribution in [-0.2, 0) is 22.8 Å². The molecule has 0 unspecified atom stereocenters. The van der Waals surface area contributed by atoms with Crippen LogP contribution in [0.15, 0.2) is 24.5 Å². The van der Waals surface area contributed by atoms with Crippen molar-refractivity contribution < 1.29 is 37.4 Å². The van der Waals surface area contributed by atoms with Crippen molar-refractivity contribution in [1.82, 2.24) is 20.2 Å². The highest BCUT2D eigenvalue weighted by atomic mass is 19.1. The number of hydrogen-bond acceptors (Lipinski definition) is 6. The third-order valence-corrected chi connectivity index (χ3v) is 5.66. The summed E-state index contributed by atoms with van der Waals surface area (Å²) >= 11 is 0. The number of carbonyl (C=O) groups excluding carboxylic acids is 2. The van der Waals surface area contributed by atoms with Gasteiger partial charge in [0.1, 0.15) is 30.3 Å². The van der Waals surface area contributed by atoms with E-state index in [0.717, 1.165) is 11.1 Å². The molecular weight excluding hydrogens is 481 g/mol. The molecule has 1 fully saturated rings. The molecule has 9 nitrogen and oxygen atoms in total. The van der Waals surface area contributed by atoms with E-state index in [2.05, 4.69) is 15.3 Å². The van der Waals surface area contributed by atoms with Gasteiger partial charge in [-0.1, -0.05) is 0 Å². The van der Waals surface area contributed by atoms with E-state index in [1.807, 2.05) is 0 Å². The van der Waals surface area contributed by atoms with Crippen LogP contribution in [0, 0.1) is 5.82 Å². The van der Waals surface area contributed by atoms with E-state index in [1.165, 1.54) is 25.3 Å². The number of carbonyl (C=O) groups is 3. The van der Waals surface area contributed by atoms with Crippen molar-refractivity contribution in [2.45, 2.75) is 71.2 Å². The summed E-state index contributed by atoms with van der Waals surface area (Å²) in [5.74, 6) is -2.82. The number of aromatic nitrogens is 2. The van der Waals surface area contributed by atoms with Gasteiger partial charge in [-0.15, -0.1) is 0 Å². The zero-order chi connectivity index (χ0) is 26.8. The number of pyridine rings is 2. The Kier molecular flexibility index (Phi) is 7.85. The Morgan fingerprint density at radius 3 is 2.53 bits per heavy atom. The van der Waals surface area contributed by atoms with Gasteiger partial charge in [0.2, 0.25) is 5.91 Å². The van der Waals surface area contributed by atoms with Crippen molar-refractivity contribution >= 4 is 18.0 Å². The summed E-state index contributed by atoms with van der Waals surface area (Å²) in [7, 11) is 0. The number of halogens is 3. The van der Waals surface area contributed by atoms with Gasteiger partial charge in [-0.25, -0.2) is 22.8 Å². The number of ether oxygens (including phenoxy) is 1. The molecule has 3 atom stereocenters. The molecule has 0 bridgehead atoms. The monoisotopic (exact) mass is 508 g/mol. The van der Waals surface area contributed by atoms with Crippen molar-refractivity contribution in [3.05, 3.63) is 47.2 Å². The number of nitrogens with zero attached hydrogens (tertiary/aromatic N) is 3. The molecule has 36 heavy (non-hydrogen) atoms. The Labute approximate surface area is 205 Å². The first-order chi connectivity index (χ1) is 16.8. The number of likely N-dealkylation sites (tertiary alicyclic amines) is 1. The lowest BCUT2D eigenvalue weighted by molar-refractivity contribution is -0.126. The van der Waals surface area contributed by atoms with Crippen molar-refractivity contribution in [2.75, 3.05) is 0 Å². The van der Waals surface area contributed by atoms with E-state index in [-0.39, 0.29) is 41.0 Å². The van der Waals surface area contributed by atoms with Gasteiger partial charge in [-0.3, -0.25) is 19.7 Å². The zero-order valence-corrected chi connectivity index (χ0v) is 20.2. The lowest BCUT2D eigenvalue weighted by atomic mass is 10.1. The molecule has 194 valence electrons. The first-order valence-corrected chi connectivity index (χ1v) is 11.2. The molecule has 0 aromatic carbocycles. The predicted octanol–water partition coefficient (Wildman–Crippen LogP) is 3.80. The molecule has 12 heteroatoms. The van der Waals surface area contributed by atoms with Gasteiger partial charge in [0.15, 0.2) is 0 Å². The Morgan fingerprint density at radius 1 is 1.22 bits per heavy atom. The topological polar surface area (TPSA) is 122 Å². The van der Waals surface area contributed by atoms with Gasteiger partial charge in [-0.2, -0.15) is 0 Å². The van der Waals surface area contributed by atoms with E-state index in [1.54, 1.807) is 20.8 Å². The van der Waals surface area contributed by atoms with Crippen LogP contribution in [0.4, 0.5) is 18.0 Å². The van der Waals surface area contributed by atoms with E-state index in [4.69, 9.17) is 4.74 Å². The Hall–Kier alpha value is -3.70. The summed E-state index contributed by atoms with van der Waals surface area (Å²) < 4.78 is 47.2. The van der Waals surface area contributed by atoms with Crippen molar-refractivity contribution in [2.24, 2.45) is 0 Å².